The molecule has 1 fully saturated rings. The summed E-state index contributed by atoms with van der Waals surface area (Å²) in [6, 6.07) is 12.0. The Morgan fingerprint density at radius 3 is 2.23 bits per heavy atom. The Balaban J connectivity index is 1.55. The molecule has 3 rings (SSSR count). The van der Waals surface area contributed by atoms with Gasteiger partial charge < -0.3 is 19.7 Å². The molecule has 2 aromatic carbocycles. The van der Waals surface area contributed by atoms with Crippen molar-refractivity contribution in [1.29, 1.82) is 0 Å². The van der Waals surface area contributed by atoms with Gasteiger partial charge in [0.05, 0.1) is 24.9 Å². The molecular formula is C23H30ClN3O3. The van der Waals surface area contributed by atoms with Crippen molar-refractivity contribution in [2.45, 2.75) is 26.3 Å². The number of urea groups is 1. The van der Waals surface area contributed by atoms with E-state index in [1.165, 1.54) is 18.2 Å². The van der Waals surface area contributed by atoms with E-state index in [-0.39, 0.29) is 6.03 Å². The van der Waals surface area contributed by atoms with E-state index in [9.17, 15) is 4.79 Å². The molecule has 0 spiro atoms. The lowest BCUT2D eigenvalue weighted by molar-refractivity contribution is 0.143. The first-order valence-electron chi connectivity index (χ1n) is 10.2. The van der Waals surface area contributed by atoms with Crippen molar-refractivity contribution in [3.63, 3.8) is 0 Å². The number of amides is 2. The maximum Gasteiger partial charge on any atom is 0.322 e. The Kier molecular flexibility index (Phi) is 7.45. The molecule has 0 radical (unpaired) electrons. The zero-order chi connectivity index (χ0) is 21.7. The molecule has 0 aliphatic carbocycles. The normalized spacial score (nSPS) is 14.7. The van der Waals surface area contributed by atoms with Crippen LogP contribution in [0.2, 0.25) is 5.02 Å². The van der Waals surface area contributed by atoms with E-state index in [0.717, 1.165) is 19.6 Å². The van der Waals surface area contributed by atoms with Crippen molar-refractivity contribution >= 4 is 23.3 Å². The second-order valence-corrected chi connectivity index (χ2v) is 8.18. The van der Waals surface area contributed by atoms with Crippen LogP contribution in [0.4, 0.5) is 10.5 Å². The van der Waals surface area contributed by atoms with Crippen LogP contribution in [-0.4, -0.2) is 56.2 Å². The van der Waals surface area contributed by atoms with Crippen LogP contribution in [0, 0.1) is 0 Å². The zero-order valence-corrected chi connectivity index (χ0v) is 18.8. The van der Waals surface area contributed by atoms with Crippen LogP contribution in [0.15, 0.2) is 36.4 Å². The molecule has 6 nitrogen and oxygen atoms in total. The van der Waals surface area contributed by atoms with Gasteiger partial charge in [-0.05, 0) is 23.1 Å². The van der Waals surface area contributed by atoms with Crippen LogP contribution >= 0.6 is 11.6 Å². The molecule has 0 unspecified atom stereocenters. The predicted octanol–water partition coefficient (Wildman–Crippen LogP) is 4.83. The number of hydrogen-bond donors (Lipinski definition) is 1. The number of nitrogens with one attached hydrogen (secondary N) is 1. The quantitative estimate of drug-likeness (QED) is 0.711. The van der Waals surface area contributed by atoms with Gasteiger partial charge in [-0.15, -0.1) is 0 Å². The van der Waals surface area contributed by atoms with Gasteiger partial charge in [-0.25, -0.2) is 4.79 Å². The minimum absolute atomic E-state index is 0.157. The third-order valence-electron chi connectivity index (χ3n) is 5.43. The fraction of sp³-hybridized carbons (Fsp3) is 0.435. The highest BCUT2D eigenvalue weighted by atomic mass is 35.5. The number of carbonyl (C=O) groups is 1. The van der Waals surface area contributed by atoms with Crippen LogP contribution in [-0.2, 0) is 6.54 Å². The van der Waals surface area contributed by atoms with Crippen LogP contribution < -0.4 is 14.8 Å². The number of methoxy groups -OCH3 is 2. The Labute approximate surface area is 183 Å². The number of nitrogens with zero attached hydrogens (tertiary/aromatic N) is 2. The first-order valence-corrected chi connectivity index (χ1v) is 10.6. The van der Waals surface area contributed by atoms with Crippen LogP contribution in [0.5, 0.6) is 11.5 Å². The van der Waals surface area contributed by atoms with Crippen molar-refractivity contribution in [3.05, 3.63) is 52.5 Å². The second kappa shape index (κ2) is 10.0. The van der Waals surface area contributed by atoms with Crippen LogP contribution in [0.3, 0.4) is 0 Å². The molecule has 2 amide bonds. The van der Waals surface area contributed by atoms with Crippen molar-refractivity contribution in [2.75, 3.05) is 45.7 Å². The van der Waals surface area contributed by atoms with Gasteiger partial charge >= 0.3 is 6.03 Å². The smallest absolute Gasteiger partial charge is 0.322 e. The lowest BCUT2D eigenvalue weighted by Gasteiger charge is -2.34. The van der Waals surface area contributed by atoms with Crippen LogP contribution in [0.25, 0.3) is 0 Å². The molecule has 1 aliphatic rings. The minimum atomic E-state index is -0.157. The van der Waals surface area contributed by atoms with Gasteiger partial charge in [0.2, 0.25) is 0 Å². The molecule has 30 heavy (non-hydrogen) atoms. The highest BCUT2D eigenvalue weighted by Crippen LogP contribution is 2.36. The van der Waals surface area contributed by atoms with Gasteiger partial charge in [0.15, 0.2) is 0 Å². The molecule has 0 atom stereocenters. The van der Waals surface area contributed by atoms with Gasteiger partial charge in [0.1, 0.15) is 11.5 Å². The SMILES string of the molecule is COc1cc(OC)c(NC(=O)N2CCN(Cc3ccc(C(C)C)cc3)CC2)cc1Cl. The Morgan fingerprint density at radius 2 is 1.67 bits per heavy atom. The third-order valence-corrected chi connectivity index (χ3v) is 5.72. The highest BCUT2D eigenvalue weighted by Gasteiger charge is 2.22. The van der Waals surface area contributed by atoms with Gasteiger partial charge in [0.25, 0.3) is 0 Å². The summed E-state index contributed by atoms with van der Waals surface area (Å²) in [5.74, 6) is 1.55. The molecular weight excluding hydrogens is 402 g/mol. The lowest BCUT2D eigenvalue weighted by atomic mass is 10.0. The second-order valence-electron chi connectivity index (χ2n) is 7.78. The summed E-state index contributed by atoms with van der Waals surface area (Å²) in [7, 11) is 3.09. The monoisotopic (exact) mass is 431 g/mol. The van der Waals surface area contributed by atoms with E-state index in [2.05, 4.69) is 48.3 Å². The van der Waals surface area contributed by atoms with E-state index in [1.807, 2.05) is 4.90 Å². The number of benzene rings is 2. The summed E-state index contributed by atoms with van der Waals surface area (Å²) in [5.41, 5.74) is 3.19. The van der Waals surface area contributed by atoms with Crippen molar-refractivity contribution < 1.29 is 14.3 Å². The van der Waals surface area contributed by atoms with E-state index in [0.29, 0.717) is 41.2 Å². The number of anilines is 1. The molecule has 1 heterocycles. The molecule has 162 valence electrons. The van der Waals surface area contributed by atoms with Gasteiger partial charge in [-0.1, -0.05) is 49.7 Å². The van der Waals surface area contributed by atoms with E-state index in [1.54, 1.807) is 19.2 Å². The molecule has 2 aromatic rings. The first-order chi connectivity index (χ1) is 14.4. The summed E-state index contributed by atoms with van der Waals surface area (Å²) < 4.78 is 10.6. The average molecular weight is 432 g/mol. The Hall–Kier alpha value is -2.44. The molecule has 0 bridgehead atoms. The number of rotatable bonds is 6. The molecule has 0 aromatic heterocycles. The number of piperazine rings is 1. The summed E-state index contributed by atoms with van der Waals surface area (Å²) in [4.78, 5) is 16.9. The van der Waals surface area contributed by atoms with Gasteiger partial charge in [-0.3, -0.25) is 4.90 Å². The van der Waals surface area contributed by atoms with Gasteiger partial charge in [0, 0.05) is 38.8 Å². The number of carbonyl (C=O) groups excluding carboxylic acids is 1. The minimum Gasteiger partial charge on any atom is -0.495 e. The number of ether oxygens (including phenoxy) is 2. The maximum absolute atomic E-state index is 12.7. The van der Waals surface area contributed by atoms with E-state index in [4.69, 9.17) is 21.1 Å². The summed E-state index contributed by atoms with van der Waals surface area (Å²) >= 11 is 6.20. The number of hydrogen-bond acceptors (Lipinski definition) is 4. The highest BCUT2D eigenvalue weighted by molar-refractivity contribution is 6.32. The zero-order valence-electron chi connectivity index (χ0n) is 18.1. The predicted molar refractivity (Wildman–Crippen MR) is 121 cm³/mol. The summed E-state index contributed by atoms with van der Waals surface area (Å²) in [5, 5.41) is 3.33. The third kappa shape index (κ3) is 5.37. The molecule has 0 saturated carbocycles. The Bertz CT molecular complexity index is 863. The summed E-state index contributed by atoms with van der Waals surface area (Å²) in [6.45, 7) is 8.31. The van der Waals surface area contributed by atoms with Crippen molar-refractivity contribution in [3.8, 4) is 11.5 Å². The van der Waals surface area contributed by atoms with Crippen molar-refractivity contribution in [2.24, 2.45) is 0 Å². The number of halogens is 1. The maximum atomic E-state index is 12.7. The van der Waals surface area contributed by atoms with Gasteiger partial charge in [-0.2, -0.15) is 0 Å². The average Bonchev–Trinajstić information content (AvgIpc) is 2.75. The van der Waals surface area contributed by atoms with E-state index < -0.39 is 0 Å². The van der Waals surface area contributed by atoms with Crippen LogP contribution in [0.1, 0.15) is 30.9 Å². The first kappa shape index (κ1) is 22.2. The molecule has 1 saturated heterocycles. The van der Waals surface area contributed by atoms with Crippen molar-refractivity contribution in [1.82, 2.24) is 9.80 Å². The van der Waals surface area contributed by atoms with E-state index >= 15 is 0 Å². The fourth-order valence-corrected chi connectivity index (χ4v) is 3.77. The standard InChI is InChI=1S/C23H30ClN3O3/c1-16(2)18-7-5-17(6-8-18)15-26-9-11-27(12-10-26)23(28)25-20-13-19(24)21(29-3)14-22(20)30-4/h5-8,13-14,16H,9-12,15H2,1-4H3,(H,25,28). The summed E-state index contributed by atoms with van der Waals surface area (Å²) in [6.07, 6.45) is 0. The molecule has 1 N–H and O–H groups in total. The largest absolute Gasteiger partial charge is 0.495 e. The molecule has 7 heteroatoms. The topological polar surface area (TPSA) is 54.0 Å². The Morgan fingerprint density at radius 1 is 1.03 bits per heavy atom. The lowest BCUT2D eigenvalue weighted by Crippen LogP contribution is -2.49. The fourth-order valence-electron chi connectivity index (χ4n) is 3.53. The molecule has 1 aliphatic heterocycles.